The number of rotatable bonds is 77. The molecule has 2 atom stereocenters. The summed E-state index contributed by atoms with van der Waals surface area (Å²) in [4.78, 5) is 37.7. The van der Waals surface area contributed by atoms with Crippen molar-refractivity contribution in [3.05, 3.63) is 170 Å². The Morgan fingerprint density at radius 3 is 0.777 bits per heavy atom. The van der Waals surface area contributed by atoms with E-state index in [4.69, 9.17) is 18.9 Å². The molecule has 9 nitrogen and oxygen atoms in total. The van der Waals surface area contributed by atoms with Gasteiger partial charge in [-0.3, -0.25) is 9.59 Å². The van der Waals surface area contributed by atoms with Gasteiger partial charge in [-0.2, -0.15) is 0 Å². The summed E-state index contributed by atoms with van der Waals surface area (Å²) in [7, 11) is 5.94. The van der Waals surface area contributed by atoms with Gasteiger partial charge in [0.2, 0.25) is 0 Å². The van der Waals surface area contributed by atoms with Crippen LogP contribution in [0.4, 0.5) is 0 Å². The number of hydrogen-bond donors (Lipinski definition) is 0. The molecule has 9 heteroatoms. The molecule has 0 radical (unpaired) electrons. The van der Waals surface area contributed by atoms with E-state index in [1.165, 1.54) is 180 Å². The average Bonchev–Trinajstić information content (AvgIpc) is 0.985. The molecule has 0 rings (SSSR count). The van der Waals surface area contributed by atoms with Crippen molar-refractivity contribution < 1.29 is 42.9 Å². The Labute approximate surface area is 635 Å². The number of carbonyl (C=O) groups excluding carboxylic acids is 3. The number of unbranched alkanes of at least 4 members (excludes halogenated alkanes) is 34. The zero-order valence-corrected chi connectivity index (χ0v) is 67.1. The molecule has 2 unspecified atom stereocenters. The van der Waals surface area contributed by atoms with Gasteiger partial charge in [0, 0.05) is 12.8 Å². The van der Waals surface area contributed by atoms with Crippen molar-refractivity contribution in [1.82, 2.24) is 0 Å². The van der Waals surface area contributed by atoms with Gasteiger partial charge in [-0.05, 0) is 128 Å². The minimum absolute atomic E-state index is 0.142. The maximum Gasteiger partial charge on any atom is 0.306 e. The highest BCUT2D eigenvalue weighted by atomic mass is 16.7. The molecule has 0 aliphatic carbocycles. The molecule has 0 heterocycles. The van der Waals surface area contributed by atoms with E-state index in [-0.39, 0.29) is 38.6 Å². The smallest absolute Gasteiger partial charge is 0.306 e. The Balaban J connectivity index is 4.03. The molecular formula is C94H157NO8. The monoisotopic (exact) mass is 1430 g/mol. The molecule has 0 saturated heterocycles. The lowest BCUT2D eigenvalue weighted by atomic mass is 10.0. The Morgan fingerprint density at radius 1 is 0.291 bits per heavy atom. The molecule has 0 aliphatic rings. The van der Waals surface area contributed by atoms with Crippen LogP contribution in [-0.2, 0) is 33.3 Å². The van der Waals surface area contributed by atoms with Crippen LogP contribution in [0.25, 0.3) is 0 Å². The zero-order chi connectivity index (χ0) is 74.6. The molecule has 0 amide bonds. The van der Waals surface area contributed by atoms with E-state index in [2.05, 4.69) is 184 Å². The Morgan fingerprint density at radius 2 is 0.524 bits per heavy atom. The molecule has 0 bridgehead atoms. The fourth-order valence-electron chi connectivity index (χ4n) is 11.6. The normalized spacial score (nSPS) is 13.5. The van der Waals surface area contributed by atoms with Gasteiger partial charge in [-0.25, -0.2) is 0 Å². The summed E-state index contributed by atoms with van der Waals surface area (Å²) in [5.74, 6) is -2.28. The van der Waals surface area contributed by atoms with Crippen molar-refractivity contribution in [2.24, 2.45) is 0 Å². The first-order valence-corrected chi connectivity index (χ1v) is 42.3. The quantitative estimate of drug-likeness (QED) is 0.0195. The van der Waals surface area contributed by atoms with Gasteiger partial charge in [-0.1, -0.05) is 377 Å². The highest BCUT2D eigenvalue weighted by Crippen LogP contribution is 2.18. The van der Waals surface area contributed by atoms with Gasteiger partial charge in [0.05, 0.1) is 40.3 Å². The summed E-state index contributed by atoms with van der Waals surface area (Å²) < 4.78 is 22.9. The van der Waals surface area contributed by atoms with Gasteiger partial charge < -0.3 is 33.3 Å². The molecule has 0 fully saturated rings. The fraction of sp³-hybridized carbons (Fsp3) is 0.670. The van der Waals surface area contributed by atoms with Crippen LogP contribution in [0.15, 0.2) is 170 Å². The topological polar surface area (TPSA) is 111 Å². The Bertz CT molecular complexity index is 2310. The maximum absolute atomic E-state index is 13.0. The first kappa shape index (κ1) is 97.7. The molecule has 0 spiro atoms. The Hall–Kier alpha value is -5.35. The van der Waals surface area contributed by atoms with Crippen LogP contribution < -0.4 is 5.11 Å². The largest absolute Gasteiger partial charge is 0.545 e. The molecule has 0 N–H and O–H groups in total. The molecule has 0 saturated carbocycles. The van der Waals surface area contributed by atoms with Crippen LogP contribution in [0.5, 0.6) is 0 Å². The predicted octanol–water partition coefficient (Wildman–Crippen LogP) is 26.4. The third-order valence-corrected chi connectivity index (χ3v) is 18.0. The molecule has 586 valence electrons. The number of quaternary nitrogens is 1. The van der Waals surface area contributed by atoms with Gasteiger partial charge in [0.1, 0.15) is 13.2 Å². The zero-order valence-electron chi connectivity index (χ0n) is 67.1. The maximum atomic E-state index is 13.0. The van der Waals surface area contributed by atoms with Crippen LogP contribution in [-0.4, -0.2) is 82.3 Å². The van der Waals surface area contributed by atoms with Crippen LogP contribution in [0.1, 0.15) is 348 Å². The van der Waals surface area contributed by atoms with Crippen molar-refractivity contribution in [2.45, 2.75) is 360 Å². The lowest BCUT2D eigenvalue weighted by Crippen LogP contribution is -2.44. The number of aliphatic carboxylic acids is 1. The molecule has 0 aromatic carbocycles. The highest BCUT2D eigenvalue weighted by molar-refractivity contribution is 5.70. The highest BCUT2D eigenvalue weighted by Gasteiger charge is 2.22. The standard InChI is InChI=1S/C94H157NO8/c1-6-8-10-12-14-16-18-20-22-24-26-28-30-32-34-36-38-40-42-44-46-48-50-52-54-56-58-60-62-64-66-68-70-72-74-76-78-80-82-84-91(96)101-88-90(89-102-94(93(98)99)100-87-86-95(3,4)5)103-92(97)85-83-81-79-77-75-73-71-69-67-65-63-61-59-57-55-53-51-49-47-45-43-41-39-37-35-33-31-29-27-25-23-21-19-17-15-13-11-9-7-2/h8-11,14-17,20-23,26-29,32-35,39,41,45,47,51,53,57,59,90,94H,6-7,12-13,18-19,24-25,30-31,36-38,40,42-44,46,48-50,52,54-56,58,60-89H2,1-5H3/b10-8-,11-9-,16-14-,17-15-,22-20-,23-21-,28-26-,29-27-,34-32-,35-33-,41-39-,47-45-,53-51-,59-57-. The second-order valence-electron chi connectivity index (χ2n) is 29.0. The van der Waals surface area contributed by atoms with Gasteiger partial charge >= 0.3 is 11.9 Å². The summed E-state index contributed by atoms with van der Waals surface area (Å²) in [6.45, 7) is 4.54. The number of esters is 2. The summed E-state index contributed by atoms with van der Waals surface area (Å²) in [5.41, 5.74) is 0. The first-order chi connectivity index (χ1) is 50.6. The molecule has 0 aromatic rings. The van der Waals surface area contributed by atoms with Crippen molar-refractivity contribution in [3.8, 4) is 0 Å². The number of hydrogen-bond acceptors (Lipinski definition) is 8. The number of carboxylic acids is 1. The van der Waals surface area contributed by atoms with Gasteiger partial charge in [-0.15, -0.1) is 0 Å². The lowest BCUT2D eigenvalue weighted by molar-refractivity contribution is -0.870. The van der Waals surface area contributed by atoms with E-state index in [1.54, 1.807) is 0 Å². The summed E-state index contributed by atoms with van der Waals surface area (Å²) in [5, 5.41) is 11.9. The molecule has 103 heavy (non-hydrogen) atoms. The molecular weight excluding hydrogens is 1270 g/mol. The second kappa shape index (κ2) is 82.3. The van der Waals surface area contributed by atoms with Gasteiger partial charge in [0.25, 0.3) is 0 Å². The number of carboxylic acid groups (broad SMARTS) is 1. The van der Waals surface area contributed by atoms with Crippen LogP contribution in [0.2, 0.25) is 0 Å². The minimum Gasteiger partial charge on any atom is -0.545 e. The van der Waals surface area contributed by atoms with E-state index in [9.17, 15) is 19.5 Å². The van der Waals surface area contributed by atoms with E-state index < -0.39 is 24.3 Å². The molecule has 0 aromatic heterocycles. The average molecular weight is 1430 g/mol. The van der Waals surface area contributed by atoms with Crippen molar-refractivity contribution in [3.63, 3.8) is 0 Å². The minimum atomic E-state index is -1.63. The van der Waals surface area contributed by atoms with Crippen LogP contribution in [0, 0.1) is 0 Å². The van der Waals surface area contributed by atoms with E-state index in [0.29, 0.717) is 17.4 Å². The fourth-order valence-corrected chi connectivity index (χ4v) is 11.6. The van der Waals surface area contributed by atoms with Gasteiger partial charge in [0.15, 0.2) is 12.4 Å². The number of likely N-dealkylation sites (N-methyl/N-ethyl adjacent to an activating group) is 1. The molecule has 0 aliphatic heterocycles. The van der Waals surface area contributed by atoms with Crippen molar-refractivity contribution in [2.75, 3.05) is 47.5 Å². The lowest BCUT2D eigenvalue weighted by Gasteiger charge is -2.26. The van der Waals surface area contributed by atoms with Crippen molar-refractivity contribution >= 4 is 17.9 Å². The number of ether oxygens (including phenoxy) is 4. The van der Waals surface area contributed by atoms with Crippen molar-refractivity contribution in [1.29, 1.82) is 0 Å². The third-order valence-electron chi connectivity index (χ3n) is 18.0. The summed E-state index contributed by atoms with van der Waals surface area (Å²) in [6, 6.07) is 0. The summed E-state index contributed by atoms with van der Waals surface area (Å²) in [6.07, 6.45) is 121. The number of allylic oxidation sites excluding steroid dienone is 28. The predicted molar refractivity (Wildman–Crippen MR) is 444 cm³/mol. The third kappa shape index (κ3) is 83.8. The van der Waals surface area contributed by atoms with Crippen LogP contribution >= 0.6 is 0 Å². The SMILES string of the molecule is CC/C=C\C/C=C\C/C=C\C/C=C\C/C=C\C/C=C\C/C=C\C/C=C\C/C=C\CCCCCCCCCCCCCC(=O)OC(COC(=O)CCCCCCCCCCCCCCCCCCCCCCCCC/C=C\C/C=C\C/C=C\C/C=C\C/C=C\CC)COC(OCC[N+](C)(C)C)C(=O)[O-]. The second-order valence-corrected chi connectivity index (χ2v) is 29.0. The van der Waals surface area contributed by atoms with E-state index in [0.717, 1.165) is 135 Å². The summed E-state index contributed by atoms with van der Waals surface area (Å²) >= 11 is 0. The first-order valence-electron chi connectivity index (χ1n) is 42.3. The Kier molecular flexibility index (Phi) is 78.0. The number of carbonyl (C=O) groups is 3. The number of nitrogens with zero attached hydrogens (tertiary/aromatic N) is 1. The van der Waals surface area contributed by atoms with E-state index in [1.807, 2.05) is 21.1 Å². The van der Waals surface area contributed by atoms with Crippen LogP contribution in [0.3, 0.4) is 0 Å². The van der Waals surface area contributed by atoms with E-state index >= 15 is 0 Å².